The van der Waals surface area contributed by atoms with Crippen LogP contribution >= 0.6 is 11.3 Å². The van der Waals surface area contributed by atoms with E-state index >= 15 is 0 Å². The minimum Gasteiger partial charge on any atom is -0.347 e. The summed E-state index contributed by atoms with van der Waals surface area (Å²) < 4.78 is 0. The SMILES string of the molecule is Cc1ccc(C(=O)N2CCc3sc(C(=O)NCc4ccccc4)cc3C2)cc1. The second-order valence-electron chi connectivity index (χ2n) is 7.07. The first-order chi connectivity index (χ1) is 13.6. The molecule has 1 N–H and O–H groups in total. The normalized spacial score (nSPS) is 13.1. The zero-order valence-corrected chi connectivity index (χ0v) is 16.6. The average Bonchev–Trinajstić information content (AvgIpc) is 3.16. The molecule has 1 aliphatic heterocycles. The largest absolute Gasteiger partial charge is 0.347 e. The first-order valence-corrected chi connectivity index (χ1v) is 10.2. The number of nitrogens with zero attached hydrogens (tertiary/aromatic N) is 1. The van der Waals surface area contributed by atoms with Crippen LogP contribution in [-0.4, -0.2) is 23.3 Å². The summed E-state index contributed by atoms with van der Waals surface area (Å²) in [6.07, 6.45) is 0.795. The number of benzene rings is 2. The Labute approximate surface area is 168 Å². The molecule has 4 rings (SSSR count). The first kappa shape index (κ1) is 18.4. The molecule has 0 bridgehead atoms. The number of nitrogens with one attached hydrogen (secondary N) is 1. The maximum absolute atomic E-state index is 12.8. The Kier molecular flexibility index (Phi) is 5.26. The van der Waals surface area contributed by atoms with Gasteiger partial charge in [-0.15, -0.1) is 11.3 Å². The van der Waals surface area contributed by atoms with Crippen LogP contribution in [0.5, 0.6) is 0 Å². The summed E-state index contributed by atoms with van der Waals surface area (Å²) in [5.74, 6) is -0.00778. The lowest BCUT2D eigenvalue weighted by Gasteiger charge is -2.27. The van der Waals surface area contributed by atoms with Gasteiger partial charge in [0, 0.05) is 30.1 Å². The van der Waals surface area contributed by atoms with Gasteiger partial charge >= 0.3 is 0 Å². The topological polar surface area (TPSA) is 49.4 Å². The van der Waals surface area contributed by atoms with Crippen LogP contribution in [0.4, 0.5) is 0 Å². The minimum atomic E-state index is -0.0559. The van der Waals surface area contributed by atoms with Crippen LogP contribution in [0.15, 0.2) is 60.7 Å². The van der Waals surface area contributed by atoms with Crippen molar-refractivity contribution in [3.8, 4) is 0 Å². The molecule has 1 aliphatic rings. The van der Waals surface area contributed by atoms with E-state index in [0.29, 0.717) is 30.1 Å². The van der Waals surface area contributed by atoms with Gasteiger partial charge in [-0.05, 0) is 42.7 Å². The van der Waals surface area contributed by atoms with E-state index in [4.69, 9.17) is 0 Å². The van der Waals surface area contributed by atoms with Gasteiger partial charge < -0.3 is 10.2 Å². The average molecular weight is 391 g/mol. The van der Waals surface area contributed by atoms with E-state index in [1.165, 1.54) is 4.88 Å². The summed E-state index contributed by atoms with van der Waals surface area (Å²) in [5, 5.41) is 2.98. The molecule has 0 spiro atoms. The standard InChI is InChI=1S/C23H22N2O2S/c1-16-7-9-18(10-8-16)23(27)25-12-11-20-19(15-25)13-21(28-20)22(26)24-14-17-5-3-2-4-6-17/h2-10,13H,11-12,14-15H2,1H3,(H,24,26). The summed E-state index contributed by atoms with van der Waals surface area (Å²) >= 11 is 1.54. The molecule has 4 nitrogen and oxygen atoms in total. The molecule has 0 unspecified atom stereocenters. The molecular weight excluding hydrogens is 368 g/mol. The maximum Gasteiger partial charge on any atom is 0.261 e. The van der Waals surface area contributed by atoms with E-state index in [1.54, 1.807) is 11.3 Å². The Balaban J connectivity index is 1.42. The molecule has 0 aliphatic carbocycles. The number of carbonyl (C=O) groups is 2. The fourth-order valence-electron chi connectivity index (χ4n) is 3.36. The number of aryl methyl sites for hydroxylation is 1. The van der Waals surface area contributed by atoms with Gasteiger partial charge in [-0.2, -0.15) is 0 Å². The van der Waals surface area contributed by atoms with Gasteiger partial charge in [0.2, 0.25) is 0 Å². The van der Waals surface area contributed by atoms with Crippen LogP contribution in [0, 0.1) is 6.92 Å². The van der Waals surface area contributed by atoms with Crippen LogP contribution < -0.4 is 5.32 Å². The number of carbonyl (C=O) groups excluding carboxylic acids is 2. The van der Waals surface area contributed by atoms with Crippen molar-refractivity contribution in [3.63, 3.8) is 0 Å². The minimum absolute atomic E-state index is 0.0481. The van der Waals surface area contributed by atoms with Gasteiger partial charge in [-0.3, -0.25) is 9.59 Å². The van der Waals surface area contributed by atoms with E-state index in [9.17, 15) is 9.59 Å². The number of rotatable bonds is 4. The maximum atomic E-state index is 12.8. The smallest absolute Gasteiger partial charge is 0.261 e. The number of hydrogen-bond acceptors (Lipinski definition) is 3. The van der Waals surface area contributed by atoms with Gasteiger partial charge in [0.05, 0.1) is 4.88 Å². The molecular formula is C23H22N2O2S. The molecule has 1 aromatic heterocycles. The number of thiophene rings is 1. The second-order valence-corrected chi connectivity index (χ2v) is 8.21. The van der Waals surface area contributed by atoms with Crippen molar-refractivity contribution in [1.29, 1.82) is 0 Å². The molecule has 0 saturated carbocycles. The summed E-state index contributed by atoms with van der Waals surface area (Å²) in [7, 11) is 0. The van der Waals surface area contributed by atoms with Crippen LogP contribution in [0.1, 0.15) is 41.6 Å². The van der Waals surface area contributed by atoms with Crippen molar-refractivity contribution in [2.45, 2.75) is 26.4 Å². The predicted molar refractivity (Wildman–Crippen MR) is 112 cm³/mol. The number of fused-ring (bicyclic) bond motifs is 1. The fourth-order valence-corrected chi connectivity index (χ4v) is 4.44. The fraction of sp³-hybridized carbons (Fsp3) is 0.217. The zero-order valence-electron chi connectivity index (χ0n) is 15.8. The summed E-state index contributed by atoms with van der Waals surface area (Å²) in [6, 6.07) is 19.5. The van der Waals surface area contributed by atoms with Crippen molar-refractivity contribution in [2.75, 3.05) is 6.54 Å². The highest BCUT2D eigenvalue weighted by atomic mass is 32.1. The highest BCUT2D eigenvalue weighted by Gasteiger charge is 2.25. The van der Waals surface area contributed by atoms with Crippen LogP contribution in [0.3, 0.4) is 0 Å². The van der Waals surface area contributed by atoms with Crippen molar-refractivity contribution in [2.24, 2.45) is 0 Å². The number of amides is 2. The van der Waals surface area contributed by atoms with Crippen LogP contribution in [0.25, 0.3) is 0 Å². The molecule has 142 valence electrons. The highest BCUT2D eigenvalue weighted by molar-refractivity contribution is 7.14. The molecule has 0 fully saturated rings. The predicted octanol–water partition coefficient (Wildman–Crippen LogP) is 4.19. The molecule has 5 heteroatoms. The molecule has 0 radical (unpaired) electrons. The third kappa shape index (κ3) is 3.99. The van der Waals surface area contributed by atoms with Gasteiger partial charge in [0.1, 0.15) is 0 Å². The Hall–Kier alpha value is -2.92. The lowest BCUT2D eigenvalue weighted by molar-refractivity contribution is 0.0736. The summed E-state index contributed by atoms with van der Waals surface area (Å²) in [5.41, 5.74) is 4.01. The van der Waals surface area contributed by atoms with Crippen LogP contribution in [0.2, 0.25) is 0 Å². The van der Waals surface area contributed by atoms with Gasteiger partial charge in [-0.25, -0.2) is 0 Å². The van der Waals surface area contributed by atoms with Crippen molar-refractivity contribution in [1.82, 2.24) is 10.2 Å². The van der Waals surface area contributed by atoms with Gasteiger partial charge in [-0.1, -0.05) is 48.0 Å². The third-order valence-electron chi connectivity index (χ3n) is 4.97. The van der Waals surface area contributed by atoms with Gasteiger partial charge in [0.15, 0.2) is 0 Å². The lowest BCUT2D eigenvalue weighted by atomic mass is 10.1. The second kappa shape index (κ2) is 7.98. The van der Waals surface area contributed by atoms with Crippen LogP contribution in [-0.2, 0) is 19.5 Å². The summed E-state index contributed by atoms with van der Waals surface area (Å²) in [4.78, 5) is 29.1. The highest BCUT2D eigenvalue weighted by Crippen LogP contribution is 2.29. The Bertz CT molecular complexity index is 993. The molecule has 2 amide bonds. The lowest BCUT2D eigenvalue weighted by Crippen LogP contribution is -2.35. The van der Waals surface area contributed by atoms with E-state index in [2.05, 4.69) is 5.32 Å². The molecule has 0 atom stereocenters. The Morgan fingerprint density at radius 1 is 1.07 bits per heavy atom. The van der Waals surface area contributed by atoms with E-state index in [0.717, 1.165) is 23.1 Å². The monoisotopic (exact) mass is 390 g/mol. The van der Waals surface area contributed by atoms with Crippen molar-refractivity contribution in [3.05, 3.63) is 92.7 Å². The molecule has 2 heterocycles. The zero-order chi connectivity index (χ0) is 19.5. The Morgan fingerprint density at radius 3 is 2.57 bits per heavy atom. The van der Waals surface area contributed by atoms with Crippen molar-refractivity contribution < 1.29 is 9.59 Å². The van der Waals surface area contributed by atoms with E-state index < -0.39 is 0 Å². The number of hydrogen-bond donors (Lipinski definition) is 1. The third-order valence-corrected chi connectivity index (χ3v) is 6.21. The molecule has 28 heavy (non-hydrogen) atoms. The Morgan fingerprint density at radius 2 is 1.82 bits per heavy atom. The van der Waals surface area contributed by atoms with Crippen molar-refractivity contribution >= 4 is 23.2 Å². The van der Waals surface area contributed by atoms with E-state index in [-0.39, 0.29) is 11.8 Å². The molecule has 2 aromatic carbocycles. The quantitative estimate of drug-likeness (QED) is 0.726. The first-order valence-electron chi connectivity index (χ1n) is 9.40. The molecule has 0 saturated heterocycles. The molecule has 3 aromatic rings. The van der Waals surface area contributed by atoms with E-state index in [1.807, 2.05) is 72.5 Å². The summed E-state index contributed by atoms with van der Waals surface area (Å²) in [6.45, 7) is 3.77. The van der Waals surface area contributed by atoms with Gasteiger partial charge in [0.25, 0.3) is 11.8 Å².